The number of rotatable bonds is 3. The van der Waals surface area contributed by atoms with Crippen LogP contribution in [0.2, 0.25) is 0 Å². The second kappa shape index (κ2) is 3.61. The van der Waals surface area contributed by atoms with E-state index in [0.29, 0.717) is 11.4 Å². The van der Waals surface area contributed by atoms with Crippen LogP contribution in [-0.2, 0) is 4.79 Å². The van der Waals surface area contributed by atoms with Crippen molar-refractivity contribution in [2.75, 3.05) is 12.3 Å². The van der Waals surface area contributed by atoms with E-state index in [1.165, 1.54) is 0 Å². The van der Waals surface area contributed by atoms with Crippen LogP contribution in [0.25, 0.3) is 0 Å². The molecule has 0 saturated carbocycles. The highest BCUT2D eigenvalue weighted by atomic mass is 16.5. The fraction of sp³-hybridized carbons (Fsp3) is 0.125. The molecule has 57 valence electrons. The zero-order valence-electron chi connectivity index (χ0n) is 5.91. The molecule has 3 nitrogen and oxygen atoms in total. The van der Waals surface area contributed by atoms with E-state index < -0.39 is 0 Å². The van der Waals surface area contributed by atoms with Gasteiger partial charge in [-0.1, -0.05) is 0 Å². The number of benzene rings is 1. The largest absolute Gasteiger partial charge is 0.485 e. The van der Waals surface area contributed by atoms with Crippen LogP contribution in [0.4, 0.5) is 5.69 Å². The molecule has 0 spiro atoms. The van der Waals surface area contributed by atoms with Gasteiger partial charge in [0.2, 0.25) is 6.29 Å². The van der Waals surface area contributed by atoms with Crippen LogP contribution >= 0.6 is 0 Å². The third kappa shape index (κ3) is 2.29. The highest BCUT2D eigenvalue weighted by molar-refractivity contribution is 5.52. The molecule has 0 aliphatic heterocycles. The van der Waals surface area contributed by atoms with Crippen LogP contribution < -0.4 is 10.5 Å². The number of anilines is 1. The fourth-order valence-corrected chi connectivity index (χ4v) is 0.677. The number of hydrogen-bond acceptors (Lipinski definition) is 3. The Morgan fingerprint density at radius 1 is 1.36 bits per heavy atom. The predicted octanol–water partition coefficient (Wildman–Crippen LogP) is 0.757. The molecule has 0 atom stereocenters. The lowest BCUT2D eigenvalue weighted by Crippen LogP contribution is -1.97. The normalized spacial score (nSPS) is 9.09. The average Bonchev–Trinajstić information content (AvgIpc) is 2.04. The monoisotopic (exact) mass is 150 g/mol. The molecule has 3 heteroatoms. The molecule has 11 heavy (non-hydrogen) atoms. The first-order valence-corrected chi connectivity index (χ1v) is 3.16. The van der Waals surface area contributed by atoms with Gasteiger partial charge in [0.15, 0.2) is 6.61 Å². The smallest absolute Gasteiger partial charge is 0.239 e. The highest BCUT2D eigenvalue weighted by Gasteiger charge is 1.90. The lowest BCUT2D eigenvalue weighted by atomic mass is 10.3. The molecular formula is C8H8NO2. The molecular weight excluding hydrogens is 142 g/mol. The van der Waals surface area contributed by atoms with Crippen LogP contribution in [0.15, 0.2) is 24.3 Å². The maximum atomic E-state index is 9.77. The summed E-state index contributed by atoms with van der Waals surface area (Å²) in [6, 6.07) is 6.82. The van der Waals surface area contributed by atoms with Crippen LogP contribution in [-0.4, -0.2) is 12.9 Å². The summed E-state index contributed by atoms with van der Waals surface area (Å²) in [7, 11) is 0. The molecule has 1 rings (SSSR count). The second-order valence-corrected chi connectivity index (χ2v) is 2.00. The fourth-order valence-electron chi connectivity index (χ4n) is 0.677. The van der Waals surface area contributed by atoms with Gasteiger partial charge in [-0.15, -0.1) is 0 Å². The molecule has 0 amide bonds. The summed E-state index contributed by atoms with van der Waals surface area (Å²) in [5, 5.41) is 0. The number of hydrogen-bond donors (Lipinski definition) is 1. The van der Waals surface area contributed by atoms with Crippen molar-refractivity contribution in [3.05, 3.63) is 24.3 Å². The zero-order chi connectivity index (χ0) is 8.10. The molecule has 1 aromatic rings. The van der Waals surface area contributed by atoms with Crippen molar-refractivity contribution in [3.63, 3.8) is 0 Å². The van der Waals surface area contributed by atoms with Crippen molar-refractivity contribution in [2.24, 2.45) is 0 Å². The van der Waals surface area contributed by atoms with Crippen LogP contribution in [0.5, 0.6) is 5.75 Å². The van der Waals surface area contributed by atoms with Gasteiger partial charge in [-0.3, -0.25) is 4.79 Å². The first kappa shape index (κ1) is 7.60. The molecule has 0 aliphatic rings. The third-order valence-electron chi connectivity index (χ3n) is 1.18. The maximum Gasteiger partial charge on any atom is 0.239 e. The summed E-state index contributed by atoms with van der Waals surface area (Å²) in [5.41, 5.74) is 6.10. The molecule has 0 aliphatic carbocycles. The SMILES string of the molecule is Nc1ccc(OC[C]=O)cc1. The number of nitrogen functional groups attached to an aromatic ring is 1. The van der Waals surface area contributed by atoms with Crippen molar-refractivity contribution >= 4 is 12.0 Å². The quantitative estimate of drug-likeness (QED) is 0.647. The topological polar surface area (TPSA) is 52.3 Å². The Bertz CT molecular complexity index is 230. The summed E-state index contributed by atoms with van der Waals surface area (Å²) in [6.07, 6.45) is 1.63. The van der Waals surface area contributed by atoms with Gasteiger partial charge in [0.05, 0.1) is 0 Å². The maximum absolute atomic E-state index is 9.77. The van der Waals surface area contributed by atoms with Crippen molar-refractivity contribution in [3.8, 4) is 5.75 Å². The van der Waals surface area contributed by atoms with Gasteiger partial charge in [0, 0.05) is 5.69 Å². The summed E-state index contributed by atoms with van der Waals surface area (Å²) < 4.78 is 4.93. The van der Waals surface area contributed by atoms with Gasteiger partial charge in [0.1, 0.15) is 5.75 Å². The first-order valence-electron chi connectivity index (χ1n) is 3.16. The van der Waals surface area contributed by atoms with E-state index in [2.05, 4.69) is 0 Å². The van der Waals surface area contributed by atoms with E-state index in [0.717, 1.165) is 0 Å². The Morgan fingerprint density at radius 2 is 2.00 bits per heavy atom. The minimum absolute atomic E-state index is 0.0378. The standard InChI is InChI=1S/C8H8NO2/c9-7-1-3-8(4-2-7)11-6-5-10/h1-4H,6,9H2. The molecule has 0 bridgehead atoms. The third-order valence-corrected chi connectivity index (χ3v) is 1.18. The Morgan fingerprint density at radius 3 is 2.55 bits per heavy atom. The molecule has 1 radical (unpaired) electrons. The molecule has 0 saturated heterocycles. The molecule has 0 unspecified atom stereocenters. The Balaban J connectivity index is 2.58. The lowest BCUT2D eigenvalue weighted by Gasteiger charge is -2.00. The van der Waals surface area contributed by atoms with E-state index in [4.69, 9.17) is 10.5 Å². The van der Waals surface area contributed by atoms with E-state index in [1.54, 1.807) is 30.6 Å². The van der Waals surface area contributed by atoms with Crippen molar-refractivity contribution in [1.29, 1.82) is 0 Å². The number of nitrogens with two attached hydrogens (primary N) is 1. The summed E-state index contributed by atoms with van der Waals surface area (Å²) >= 11 is 0. The average molecular weight is 150 g/mol. The van der Waals surface area contributed by atoms with E-state index in [9.17, 15) is 4.79 Å². The predicted molar refractivity (Wildman–Crippen MR) is 42.0 cm³/mol. The number of ether oxygens (including phenoxy) is 1. The van der Waals surface area contributed by atoms with Gasteiger partial charge in [0.25, 0.3) is 0 Å². The van der Waals surface area contributed by atoms with Crippen LogP contribution in [0, 0.1) is 0 Å². The second-order valence-electron chi connectivity index (χ2n) is 2.00. The molecule has 0 fully saturated rings. The minimum atomic E-state index is -0.0378. The van der Waals surface area contributed by atoms with Gasteiger partial charge < -0.3 is 10.5 Å². The van der Waals surface area contributed by atoms with E-state index in [1.807, 2.05) is 0 Å². The summed E-state index contributed by atoms with van der Waals surface area (Å²) in [6.45, 7) is -0.0378. The Kier molecular flexibility index (Phi) is 2.49. The molecule has 0 heterocycles. The summed E-state index contributed by atoms with van der Waals surface area (Å²) in [5.74, 6) is 0.627. The van der Waals surface area contributed by atoms with Crippen molar-refractivity contribution in [2.45, 2.75) is 0 Å². The van der Waals surface area contributed by atoms with Gasteiger partial charge in [-0.25, -0.2) is 0 Å². The van der Waals surface area contributed by atoms with Crippen molar-refractivity contribution < 1.29 is 9.53 Å². The van der Waals surface area contributed by atoms with E-state index >= 15 is 0 Å². The van der Waals surface area contributed by atoms with Gasteiger partial charge in [-0.2, -0.15) is 0 Å². The molecule has 2 N–H and O–H groups in total. The minimum Gasteiger partial charge on any atom is -0.485 e. The van der Waals surface area contributed by atoms with E-state index in [-0.39, 0.29) is 6.61 Å². The Hall–Kier alpha value is -1.51. The zero-order valence-corrected chi connectivity index (χ0v) is 5.91. The van der Waals surface area contributed by atoms with Gasteiger partial charge >= 0.3 is 0 Å². The number of carbonyl (C=O) groups excluding carboxylic acids is 1. The van der Waals surface area contributed by atoms with Gasteiger partial charge in [-0.05, 0) is 24.3 Å². The lowest BCUT2D eigenvalue weighted by molar-refractivity contribution is 0.365. The van der Waals surface area contributed by atoms with Crippen LogP contribution in [0.3, 0.4) is 0 Å². The highest BCUT2D eigenvalue weighted by Crippen LogP contribution is 2.12. The summed E-state index contributed by atoms with van der Waals surface area (Å²) in [4.78, 5) is 9.77. The first-order chi connectivity index (χ1) is 5.33. The van der Waals surface area contributed by atoms with Crippen molar-refractivity contribution in [1.82, 2.24) is 0 Å². The van der Waals surface area contributed by atoms with Crippen LogP contribution in [0.1, 0.15) is 0 Å². The molecule has 1 aromatic carbocycles. The Labute approximate surface area is 64.8 Å². The molecule has 0 aromatic heterocycles.